The van der Waals surface area contributed by atoms with E-state index in [1.165, 1.54) is 24.9 Å². The van der Waals surface area contributed by atoms with Crippen molar-refractivity contribution in [3.05, 3.63) is 48.8 Å². The number of nitrogen functional groups attached to an aromatic ring is 1. The van der Waals surface area contributed by atoms with Gasteiger partial charge in [0.2, 0.25) is 11.8 Å². The van der Waals surface area contributed by atoms with Crippen LogP contribution in [0.15, 0.2) is 48.8 Å². The number of carbonyl (C=O) groups is 1. The summed E-state index contributed by atoms with van der Waals surface area (Å²) in [5.74, 6) is -0.681. The number of benzene rings is 2. The monoisotopic (exact) mass is 700 g/mol. The molecule has 0 radical (unpaired) electrons. The fourth-order valence-electron chi connectivity index (χ4n) is 5.46. The number of esters is 1. The van der Waals surface area contributed by atoms with Crippen molar-refractivity contribution in [3.8, 4) is 11.6 Å². The molecule has 3 heterocycles. The SMILES string of the molecule is CCC(C)[C@H](NP(=O)(OC[C@H]1OC(n2cnc3c(OC)nc(N)nc32)[C@](C)(O)[C@@H]1O)Oc1cccc2ccccc12)C(=O)OCC(C)(C)C. The maximum Gasteiger partial charge on any atom is 0.459 e. The van der Waals surface area contributed by atoms with E-state index in [2.05, 4.69) is 20.0 Å². The van der Waals surface area contributed by atoms with Crippen LogP contribution in [0.2, 0.25) is 0 Å². The summed E-state index contributed by atoms with van der Waals surface area (Å²) < 4.78 is 45.3. The third kappa shape index (κ3) is 7.82. The Balaban J connectivity index is 1.45. The molecule has 0 bridgehead atoms. The second kappa shape index (κ2) is 14.2. The Morgan fingerprint density at radius 1 is 1.20 bits per heavy atom. The summed E-state index contributed by atoms with van der Waals surface area (Å²) in [6, 6.07) is 11.6. The van der Waals surface area contributed by atoms with Crippen molar-refractivity contribution in [1.82, 2.24) is 24.6 Å². The maximum atomic E-state index is 14.8. The van der Waals surface area contributed by atoms with Crippen molar-refractivity contribution in [2.24, 2.45) is 11.3 Å². The van der Waals surface area contributed by atoms with Crippen LogP contribution in [0.25, 0.3) is 21.9 Å². The lowest BCUT2D eigenvalue weighted by atomic mass is 9.96. The van der Waals surface area contributed by atoms with E-state index in [4.69, 9.17) is 29.0 Å². The van der Waals surface area contributed by atoms with Crippen molar-refractivity contribution in [3.63, 3.8) is 0 Å². The lowest BCUT2D eigenvalue weighted by Gasteiger charge is -2.29. The average molecular weight is 701 g/mol. The van der Waals surface area contributed by atoms with Gasteiger partial charge in [-0.2, -0.15) is 15.1 Å². The van der Waals surface area contributed by atoms with Crippen LogP contribution in [0.4, 0.5) is 5.95 Å². The number of nitrogens with zero attached hydrogens (tertiary/aromatic N) is 4. The number of ether oxygens (including phenoxy) is 3. The molecule has 1 aliphatic heterocycles. The van der Waals surface area contributed by atoms with Crippen LogP contribution in [0, 0.1) is 11.3 Å². The smallest absolute Gasteiger partial charge is 0.459 e. The number of hydrogen-bond donors (Lipinski definition) is 4. The molecule has 0 aliphatic carbocycles. The maximum absolute atomic E-state index is 14.8. The van der Waals surface area contributed by atoms with Crippen LogP contribution >= 0.6 is 7.75 Å². The average Bonchev–Trinajstić information content (AvgIpc) is 3.57. The third-order valence-electron chi connectivity index (χ3n) is 8.40. The van der Waals surface area contributed by atoms with Crippen molar-refractivity contribution >= 4 is 41.6 Å². The molecule has 49 heavy (non-hydrogen) atoms. The molecule has 2 aromatic heterocycles. The standard InChI is InChI=1S/C33H45N6O9P/c1-8-19(2)24(29(41)45-17-32(3,4)5)38-49(43,48-22-15-11-13-20-12-9-10-14-21(20)22)46-16-23-26(40)33(6,42)30(47-23)39-18-35-25-27(39)36-31(34)37-28(25)44-7/h9-15,18-19,23-24,26,30,40,42H,8,16-17H2,1-7H3,(H,38,43)(H2,34,36,37)/t19?,23-,24+,26-,30?,33-,49?/m1/s1. The van der Waals surface area contributed by atoms with Crippen LogP contribution < -0.4 is 20.1 Å². The van der Waals surface area contributed by atoms with Crippen molar-refractivity contribution in [2.75, 3.05) is 26.1 Å². The molecule has 16 heteroatoms. The zero-order chi connectivity index (χ0) is 35.7. The van der Waals surface area contributed by atoms with Gasteiger partial charge in [0.05, 0.1) is 26.7 Å². The number of carbonyl (C=O) groups excluding carboxylic acids is 1. The number of nitrogens with two attached hydrogens (primary N) is 1. The Kier molecular flexibility index (Phi) is 10.5. The molecule has 0 amide bonds. The summed E-state index contributed by atoms with van der Waals surface area (Å²) >= 11 is 0. The Labute approximate surface area is 284 Å². The van der Waals surface area contributed by atoms with Gasteiger partial charge in [-0.3, -0.25) is 13.9 Å². The molecule has 266 valence electrons. The Morgan fingerprint density at radius 2 is 1.92 bits per heavy atom. The van der Waals surface area contributed by atoms with Crippen LogP contribution in [0.1, 0.15) is 54.2 Å². The quantitative estimate of drug-likeness (QED) is 0.113. The van der Waals surface area contributed by atoms with E-state index in [9.17, 15) is 19.6 Å². The summed E-state index contributed by atoms with van der Waals surface area (Å²) in [4.78, 5) is 26.0. The molecule has 0 spiro atoms. The number of nitrogens with one attached hydrogen (secondary N) is 1. The van der Waals surface area contributed by atoms with Crippen LogP contribution in [-0.4, -0.2) is 79.9 Å². The highest BCUT2D eigenvalue weighted by Gasteiger charge is 2.54. The molecule has 1 saturated heterocycles. The molecule has 5 rings (SSSR count). The molecule has 4 aromatic rings. The predicted octanol–water partition coefficient (Wildman–Crippen LogP) is 4.38. The van der Waals surface area contributed by atoms with Gasteiger partial charge >= 0.3 is 13.7 Å². The van der Waals surface area contributed by atoms with E-state index in [1.807, 2.05) is 65.0 Å². The van der Waals surface area contributed by atoms with Crippen molar-refractivity contribution in [1.29, 1.82) is 0 Å². The molecule has 1 fully saturated rings. The molecule has 2 aromatic carbocycles. The van der Waals surface area contributed by atoms with Crippen LogP contribution in [-0.2, 0) is 23.4 Å². The second-order valence-corrected chi connectivity index (χ2v) is 15.3. The molecular formula is C33H45N6O9P. The number of anilines is 1. The van der Waals surface area contributed by atoms with Crippen molar-refractivity contribution < 1.29 is 42.8 Å². The zero-order valence-electron chi connectivity index (χ0n) is 28.7. The number of aliphatic hydroxyl groups is 2. The highest BCUT2D eigenvalue weighted by Crippen LogP contribution is 2.49. The van der Waals surface area contributed by atoms with Crippen molar-refractivity contribution in [2.45, 2.75) is 78.0 Å². The minimum atomic E-state index is -4.44. The fraction of sp³-hybridized carbons (Fsp3) is 0.515. The van der Waals surface area contributed by atoms with E-state index in [0.717, 1.165) is 5.39 Å². The van der Waals surface area contributed by atoms with Crippen LogP contribution in [0.3, 0.4) is 0 Å². The summed E-state index contributed by atoms with van der Waals surface area (Å²) in [6.45, 7) is 10.5. The second-order valence-electron chi connectivity index (χ2n) is 13.6. The van der Waals surface area contributed by atoms with Gasteiger partial charge in [0.25, 0.3) is 0 Å². The van der Waals surface area contributed by atoms with Gasteiger partial charge in [0.15, 0.2) is 17.4 Å². The number of fused-ring (bicyclic) bond motifs is 2. The lowest BCUT2D eigenvalue weighted by Crippen LogP contribution is -2.45. The topological polar surface area (TPSA) is 202 Å². The molecule has 5 N–H and O–H groups in total. The van der Waals surface area contributed by atoms with Gasteiger partial charge in [-0.15, -0.1) is 0 Å². The molecule has 3 unspecified atom stereocenters. The van der Waals surface area contributed by atoms with E-state index in [1.54, 1.807) is 12.1 Å². The normalized spacial score (nSPS) is 23.7. The van der Waals surface area contributed by atoms with Crippen LogP contribution in [0.5, 0.6) is 11.6 Å². The molecule has 7 atom stereocenters. The molecule has 1 aliphatic rings. The number of imidazole rings is 1. The number of rotatable bonds is 13. The first kappa shape index (κ1) is 36.4. The largest absolute Gasteiger partial charge is 0.479 e. The highest BCUT2D eigenvalue weighted by atomic mass is 31.2. The van der Waals surface area contributed by atoms with Gasteiger partial charge in [0, 0.05) is 5.39 Å². The summed E-state index contributed by atoms with van der Waals surface area (Å²) in [6.07, 6.45) is -2.09. The fourth-order valence-corrected chi connectivity index (χ4v) is 7.10. The van der Waals surface area contributed by atoms with Gasteiger partial charge in [-0.1, -0.05) is 77.4 Å². The minimum Gasteiger partial charge on any atom is -0.479 e. The van der Waals surface area contributed by atoms with Gasteiger partial charge in [-0.25, -0.2) is 9.55 Å². The summed E-state index contributed by atoms with van der Waals surface area (Å²) in [5, 5.41) is 27.1. The number of aliphatic hydroxyl groups excluding tert-OH is 1. The third-order valence-corrected chi connectivity index (χ3v) is 9.92. The first-order valence-electron chi connectivity index (χ1n) is 16.0. The molecular weight excluding hydrogens is 655 g/mol. The van der Waals surface area contributed by atoms with Gasteiger partial charge in [0.1, 0.15) is 29.6 Å². The van der Waals surface area contributed by atoms with E-state index in [0.29, 0.717) is 11.8 Å². The summed E-state index contributed by atoms with van der Waals surface area (Å²) in [7, 11) is -3.04. The predicted molar refractivity (Wildman–Crippen MR) is 182 cm³/mol. The Hall–Kier alpha value is -3.85. The Bertz CT molecular complexity index is 1840. The highest BCUT2D eigenvalue weighted by molar-refractivity contribution is 7.52. The zero-order valence-corrected chi connectivity index (χ0v) is 29.6. The molecule has 0 saturated carbocycles. The van der Waals surface area contributed by atoms with Gasteiger partial charge < -0.3 is 34.7 Å². The minimum absolute atomic E-state index is 0.0985. The van der Waals surface area contributed by atoms with Gasteiger partial charge in [-0.05, 0) is 29.7 Å². The van der Waals surface area contributed by atoms with E-state index < -0.39 is 50.4 Å². The lowest BCUT2D eigenvalue weighted by molar-refractivity contribution is -0.150. The number of hydrogen-bond acceptors (Lipinski definition) is 13. The molecule has 15 nitrogen and oxygen atoms in total. The number of aromatic nitrogens is 4. The first-order valence-corrected chi connectivity index (χ1v) is 17.6. The first-order chi connectivity index (χ1) is 23.1. The summed E-state index contributed by atoms with van der Waals surface area (Å²) in [5.41, 5.74) is 4.12. The van der Waals surface area contributed by atoms with E-state index in [-0.39, 0.29) is 46.7 Å². The Morgan fingerprint density at radius 3 is 2.61 bits per heavy atom. The van der Waals surface area contributed by atoms with E-state index >= 15 is 0 Å². The number of methoxy groups -OCH3 is 1.